The number of nitrogens with one attached hydrogen (secondary N) is 1. The molecule has 3 saturated heterocycles. The van der Waals surface area contributed by atoms with Crippen LogP contribution in [-0.4, -0.2) is 61.7 Å². The van der Waals surface area contributed by atoms with Gasteiger partial charge in [0.15, 0.2) is 0 Å². The van der Waals surface area contributed by atoms with Gasteiger partial charge in [-0.25, -0.2) is 0 Å². The van der Waals surface area contributed by atoms with E-state index in [4.69, 9.17) is 0 Å². The predicted molar refractivity (Wildman–Crippen MR) is 71.2 cm³/mol. The highest BCUT2D eigenvalue weighted by Crippen LogP contribution is 2.34. The molecule has 4 unspecified atom stereocenters. The van der Waals surface area contributed by atoms with Crippen LogP contribution in [0.5, 0.6) is 0 Å². The number of piperidine rings is 1. The van der Waals surface area contributed by atoms with Gasteiger partial charge in [0.2, 0.25) is 0 Å². The highest BCUT2D eigenvalue weighted by molar-refractivity contribution is 4.98. The van der Waals surface area contributed by atoms with E-state index in [1.807, 2.05) is 0 Å². The van der Waals surface area contributed by atoms with Gasteiger partial charge in [0, 0.05) is 31.2 Å². The molecule has 3 rings (SSSR count). The van der Waals surface area contributed by atoms with Crippen LogP contribution in [0.3, 0.4) is 0 Å². The first-order valence-corrected chi connectivity index (χ1v) is 7.37. The van der Waals surface area contributed by atoms with Crippen LogP contribution in [0.25, 0.3) is 0 Å². The molecule has 0 aromatic rings. The van der Waals surface area contributed by atoms with Gasteiger partial charge >= 0.3 is 0 Å². The van der Waals surface area contributed by atoms with Gasteiger partial charge in [-0.15, -0.1) is 0 Å². The Balaban J connectivity index is 1.51. The van der Waals surface area contributed by atoms with Crippen molar-refractivity contribution in [2.45, 2.75) is 50.2 Å². The molecule has 0 saturated carbocycles. The van der Waals surface area contributed by atoms with E-state index in [-0.39, 0.29) is 0 Å². The monoisotopic (exact) mass is 237 g/mol. The lowest BCUT2D eigenvalue weighted by Crippen LogP contribution is -2.47. The summed E-state index contributed by atoms with van der Waals surface area (Å²) < 4.78 is 0. The first-order valence-electron chi connectivity index (χ1n) is 7.37. The van der Waals surface area contributed by atoms with Crippen molar-refractivity contribution in [3.05, 3.63) is 0 Å². The fourth-order valence-electron chi connectivity index (χ4n) is 4.16. The van der Waals surface area contributed by atoms with Crippen molar-refractivity contribution in [2.24, 2.45) is 5.92 Å². The van der Waals surface area contributed by atoms with Crippen LogP contribution >= 0.6 is 0 Å². The molecular weight excluding hydrogens is 210 g/mol. The molecule has 2 bridgehead atoms. The number of likely N-dealkylation sites (tertiary alicyclic amines) is 1. The Labute approximate surface area is 106 Å². The lowest BCUT2D eigenvalue weighted by atomic mass is 9.88. The molecule has 98 valence electrons. The first kappa shape index (κ1) is 11.9. The van der Waals surface area contributed by atoms with E-state index in [0.717, 1.165) is 24.0 Å². The molecule has 0 aliphatic carbocycles. The second kappa shape index (κ2) is 4.87. The maximum Gasteiger partial charge on any atom is 0.0220 e. The van der Waals surface area contributed by atoms with Gasteiger partial charge < -0.3 is 15.1 Å². The minimum Gasteiger partial charge on any atom is -0.311 e. The van der Waals surface area contributed by atoms with Crippen LogP contribution in [-0.2, 0) is 0 Å². The fraction of sp³-hybridized carbons (Fsp3) is 1.00. The Morgan fingerprint density at radius 1 is 1.29 bits per heavy atom. The Morgan fingerprint density at radius 2 is 2.18 bits per heavy atom. The Morgan fingerprint density at radius 3 is 2.82 bits per heavy atom. The normalized spacial score (nSPS) is 42.5. The Hall–Kier alpha value is -0.120. The standard InChI is InChI=1S/C14H27N3/c1-16-7-3-4-13(10-16)17(2)9-11-8-12-5-6-14(11)15-12/h11-15H,3-10H2,1-2H3. The molecule has 3 nitrogen and oxygen atoms in total. The SMILES string of the molecule is CN1CCCC(N(C)CC2CC3CCC2N3)C1. The summed E-state index contributed by atoms with van der Waals surface area (Å²) in [5.41, 5.74) is 0. The van der Waals surface area contributed by atoms with Crippen molar-refractivity contribution in [3.63, 3.8) is 0 Å². The van der Waals surface area contributed by atoms with Crippen LogP contribution in [0.1, 0.15) is 32.1 Å². The van der Waals surface area contributed by atoms with E-state index in [9.17, 15) is 0 Å². The van der Waals surface area contributed by atoms with Crippen molar-refractivity contribution < 1.29 is 0 Å². The fourth-order valence-corrected chi connectivity index (χ4v) is 4.16. The van der Waals surface area contributed by atoms with Crippen LogP contribution in [0.4, 0.5) is 0 Å². The number of fused-ring (bicyclic) bond motifs is 2. The molecule has 0 radical (unpaired) electrons. The van der Waals surface area contributed by atoms with Crippen molar-refractivity contribution in [1.29, 1.82) is 0 Å². The summed E-state index contributed by atoms with van der Waals surface area (Å²) in [5, 5.41) is 3.76. The third-order valence-corrected chi connectivity index (χ3v) is 5.18. The van der Waals surface area contributed by atoms with Crippen LogP contribution < -0.4 is 5.32 Å². The molecule has 3 aliphatic rings. The van der Waals surface area contributed by atoms with Gasteiger partial charge in [0.25, 0.3) is 0 Å². The van der Waals surface area contributed by atoms with Crippen molar-refractivity contribution in [3.8, 4) is 0 Å². The summed E-state index contributed by atoms with van der Waals surface area (Å²) >= 11 is 0. The number of likely N-dealkylation sites (N-methyl/N-ethyl adjacent to an activating group) is 2. The van der Waals surface area contributed by atoms with Gasteiger partial charge in [0.1, 0.15) is 0 Å². The summed E-state index contributed by atoms with van der Waals surface area (Å²) in [4.78, 5) is 5.13. The number of hydrogen-bond donors (Lipinski definition) is 1. The Kier molecular flexibility index (Phi) is 3.42. The molecule has 0 aromatic heterocycles. The average molecular weight is 237 g/mol. The molecule has 0 aromatic carbocycles. The number of rotatable bonds is 3. The summed E-state index contributed by atoms with van der Waals surface area (Å²) in [5.74, 6) is 0.922. The summed E-state index contributed by atoms with van der Waals surface area (Å²) in [6, 6.07) is 2.49. The van der Waals surface area contributed by atoms with Gasteiger partial charge in [-0.3, -0.25) is 0 Å². The van der Waals surface area contributed by atoms with Crippen molar-refractivity contribution in [1.82, 2.24) is 15.1 Å². The topological polar surface area (TPSA) is 18.5 Å². The van der Waals surface area contributed by atoms with Gasteiger partial charge in [-0.1, -0.05) is 0 Å². The molecule has 3 heterocycles. The number of hydrogen-bond acceptors (Lipinski definition) is 3. The Bertz CT molecular complexity index is 268. The second-order valence-electron chi connectivity index (χ2n) is 6.54. The highest BCUT2D eigenvalue weighted by Gasteiger charge is 2.39. The zero-order valence-electron chi connectivity index (χ0n) is 11.4. The lowest BCUT2D eigenvalue weighted by molar-refractivity contribution is 0.115. The van der Waals surface area contributed by atoms with Crippen molar-refractivity contribution in [2.75, 3.05) is 33.7 Å². The molecule has 3 heteroatoms. The van der Waals surface area contributed by atoms with E-state index in [0.29, 0.717) is 0 Å². The summed E-state index contributed by atoms with van der Waals surface area (Å²) in [7, 11) is 4.61. The summed E-state index contributed by atoms with van der Waals surface area (Å²) in [6.45, 7) is 3.87. The molecule has 3 aliphatic heterocycles. The molecular formula is C14H27N3. The van der Waals surface area contributed by atoms with Crippen LogP contribution in [0.2, 0.25) is 0 Å². The van der Waals surface area contributed by atoms with E-state index in [1.165, 1.54) is 51.7 Å². The second-order valence-corrected chi connectivity index (χ2v) is 6.54. The highest BCUT2D eigenvalue weighted by atomic mass is 15.2. The van der Waals surface area contributed by atoms with E-state index in [2.05, 4.69) is 29.2 Å². The lowest BCUT2D eigenvalue weighted by Gasteiger charge is -2.38. The predicted octanol–water partition coefficient (Wildman–Crippen LogP) is 1.15. The van der Waals surface area contributed by atoms with E-state index in [1.54, 1.807) is 0 Å². The molecule has 17 heavy (non-hydrogen) atoms. The smallest absolute Gasteiger partial charge is 0.0220 e. The van der Waals surface area contributed by atoms with E-state index < -0.39 is 0 Å². The first-order chi connectivity index (χ1) is 8.22. The molecule has 4 atom stereocenters. The van der Waals surface area contributed by atoms with Crippen LogP contribution in [0.15, 0.2) is 0 Å². The molecule has 0 amide bonds. The zero-order valence-corrected chi connectivity index (χ0v) is 11.4. The largest absolute Gasteiger partial charge is 0.311 e. The zero-order chi connectivity index (χ0) is 11.8. The maximum atomic E-state index is 3.76. The average Bonchev–Trinajstić information content (AvgIpc) is 2.91. The van der Waals surface area contributed by atoms with Crippen LogP contribution in [0, 0.1) is 5.92 Å². The quantitative estimate of drug-likeness (QED) is 0.794. The van der Waals surface area contributed by atoms with Gasteiger partial charge in [-0.05, 0) is 58.7 Å². The maximum absolute atomic E-state index is 3.76. The van der Waals surface area contributed by atoms with Crippen molar-refractivity contribution >= 4 is 0 Å². The third kappa shape index (κ3) is 2.51. The molecule has 1 N–H and O–H groups in total. The molecule has 0 spiro atoms. The van der Waals surface area contributed by atoms with Gasteiger partial charge in [-0.2, -0.15) is 0 Å². The molecule has 3 fully saturated rings. The third-order valence-electron chi connectivity index (χ3n) is 5.18. The van der Waals surface area contributed by atoms with E-state index >= 15 is 0 Å². The minimum atomic E-state index is 0.799. The van der Waals surface area contributed by atoms with Gasteiger partial charge in [0.05, 0.1) is 0 Å². The summed E-state index contributed by atoms with van der Waals surface area (Å²) in [6.07, 6.45) is 7.05. The number of nitrogens with zero attached hydrogens (tertiary/aromatic N) is 2. The minimum absolute atomic E-state index is 0.799.